The van der Waals surface area contributed by atoms with Gasteiger partial charge in [0.15, 0.2) is 0 Å². The first-order chi connectivity index (χ1) is 9.03. The summed E-state index contributed by atoms with van der Waals surface area (Å²) in [5.41, 5.74) is 8.19. The predicted octanol–water partition coefficient (Wildman–Crippen LogP) is 4.45. The van der Waals surface area contributed by atoms with Crippen molar-refractivity contribution < 1.29 is 0 Å². The van der Waals surface area contributed by atoms with Crippen LogP contribution in [0.2, 0.25) is 10.0 Å². The molecule has 1 atom stereocenters. The van der Waals surface area contributed by atoms with E-state index in [4.69, 9.17) is 28.9 Å². The van der Waals surface area contributed by atoms with Crippen molar-refractivity contribution in [1.82, 2.24) is 0 Å². The lowest BCUT2D eigenvalue weighted by Crippen LogP contribution is -2.34. The summed E-state index contributed by atoms with van der Waals surface area (Å²) in [6, 6.07) is 15.8. The zero-order valence-corrected chi connectivity index (χ0v) is 12.4. The molecule has 1 nitrogen and oxygen atoms in total. The van der Waals surface area contributed by atoms with E-state index >= 15 is 0 Å². The summed E-state index contributed by atoms with van der Waals surface area (Å²) in [6.07, 6.45) is 0.838. The molecule has 0 aliphatic heterocycles. The van der Waals surface area contributed by atoms with Gasteiger partial charge in [0.25, 0.3) is 0 Å². The highest BCUT2D eigenvalue weighted by Gasteiger charge is 2.25. The molecular formula is C16H17Cl2N. The van der Waals surface area contributed by atoms with Gasteiger partial charge >= 0.3 is 0 Å². The van der Waals surface area contributed by atoms with Crippen molar-refractivity contribution in [2.24, 2.45) is 5.73 Å². The topological polar surface area (TPSA) is 26.0 Å². The van der Waals surface area contributed by atoms with Crippen LogP contribution >= 0.6 is 23.2 Å². The number of halogens is 2. The van der Waals surface area contributed by atoms with Gasteiger partial charge in [-0.1, -0.05) is 54.4 Å². The van der Waals surface area contributed by atoms with Gasteiger partial charge in [0.05, 0.1) is 0 Å². The Hall–Kier alpha value is -1.02. The lowest BCUT2D eigenvalue weighted by molar-refractivity contribution is 0.481. The minimum atomic E-state index is -0.143. The first-order valence-electron chi connectivity index (χ1n) is 6.24. The van der Waals surface area contributed by atoms with E-state index in [1.54, 1.807) is 0 Å². The molecule has 0 aliphatic rings. The minimum Gasteiger partial charge on any atom is -0.330 e. The first kappa shape index (κ1) is 14.4. The smallest absolute Gasteiger partial charge is 0.0408 e. The number of nitrogens with two attached hydrogens (primary N) is 1. The third-order valence-corrected chi connectivity index (χ3v) is 3.93. The molecule has 0 bridgehead atoms. The predicted molar refractivity (Wildman–Crippen MR) is 83.0 cm³/mol. The Balaban J connectivity index is 2.32. The van der Waals surface area contributed by atoms with Gasteiger partial charge in [-0.05, 0) is 41.8 Å². The SMILES string of the molecule is CC(CN)(Cc1cccc(Cl)c1)c1cccc(Cl)c1. The van der Waals surface area contributed by atoms with Gasteiger partial charge < -0.3 is 5.73 Å². The summed E-state index contributed by atoms with van der Waals surface area (Å²) in [6.45, 7) is 2.71. The monoisotopic (exact) mass is 293 g/mol. The molecule has 0 radical (unpaired) electrons. The van der Waals surface area contributed by atoms with Gasteiger partial charge in [-0.25, -0.2) is 0 Å². The van der Waals surface area contributed by atoms with Crippen LogP contribution in [-0.2, 0) is 11.8 Å². The number of hydrogen-bond acceptors (Lipinski definition) is 1. The van der Waals surface area contributed by atoms with Crippen LogP contribution in [0.15, 0.2) is 48.5 Å². The molecule has 0 saturated heterocycles. The summed E-state index contributed by atoms with van der Waals surface area (Å²) in [5.74, 6) is 0. The van der Waals surface area contributed by atoms with E-state index in [0.29, 0.717) is 6.54 Å². The molecule has 0 saturated carbocycles. The second-order valence-electron chi connectivity index (χ2n) is 5.08. The summed E-state index contributed by atoms with van der Waals surface area (Å²) < 4.78 is 0. The highest BCUT2D eigenvalue weighted by atomic mass is 35.5. The largest absolute Gasteiger partial charge is 0.330 e. The Morgan fingerprint density at radius 1 is 1.00 bits per heavy atom. The van der Waals surface area contributed by atoms with Crippen LogP contribution in [0.4, 0.5) is 0 Å². The third-order valence-electron chi connectivity index (χ3n) is 3.46. The molecule has 0 aliphatic carbocycles. The second-order valence-corrected chi connectivity index (χ2v) is 5.95. The Morgan fingerprint density at radius 3 is 2.21 bits per heavy atom. The van der Waals surface area contributed by atoms with Crippen molar-refractivity contribution in [2.75, 3.05) is 6.54 Å². The van der Waals surface area contributed by atoms with Crippen LogP contribution in [0, 0.1) is 0 Å². The quantitative estimate of drug-likeness (QED) is 0.885. The summed E-state index contributed by atoms with van der Waals surface area (Å²) in [4.78, 5) is 0. The number of benzene rings is 2. The van der Waals surface area contributed by atoms with Crippen LogP contribution in [0.5, 0.6) is 0 Å². The van der Waals surface area contributed by atoms with E-state index in [0.717, 1.165) is 22.0 Å². The Morgan fingerprint density at radius 2 is 1.63 bits per heavy atom. The molecule has 19 heavy (non-hydrogen) atoms. The summed E-state index contributed by atoms with van der Waals surface area (Å²) in [5, 5.41) is 1.49. The Kier molecular flexibility index (Phi) is 4.51. The molecule has 0 spiro atoms. The van der Waals surface area contributed by atoms with Crippen LogP contribution < -0.4 is 5.73 Å². The molecule has 2 aromatic carbocycles. The fourth-order valence-corrected chi connectivity index (χ4v) is 2.66. The van der Waals surface area contributed by atoms with Crippen LogP contribution in [0.3, 0.4) is 0 Å². The van der Waals surface area contributed by atoms with Crippen molar-refractivity contribution in [3.63, 3.8) is 0 Å². The third kappa shape index (κ3) is 3.50. The summed E-state index contributed by atoms with van der Waals surface area (Å²) in [7, 11) is 0. The van der Waals surface area contributed by atoms with Gasteiger partial charge in [0.2, 0.25) is 0 Å². The van der Waals surface area contributed by atoms with Crippen molar-refractivity contribution in [1.29, 1.82) is 0 Å². The molecule has 2 aromatic rings. The van der Waals surface area contributed by atoms with Crippen molar-refractivity contribution in [3.8, 4) is 0 Å². The number of rotatable bonds is 4. The molecule has 100 valence electrons. The van der Waals surface area contributed by atoms with Gasteiger partial charge in [-0.2, -0.15) is 0 Å². The fourth-order valence-electron chi connectivity index (χ4n) is 2.25. The van der Waals surface area contributed by atoms with Crippen LogP contribution in [0.25, 0.3) is 0 Å². The fraction of sp³-hybridized carbons (Fsp3) is 0.250. The molecule has 0 heterocycles. The standard InChI is InChI=1S/C16H17Cl2N/c1-16(11-19,13-5-3-7-15(18)9-13)10-12-4-2-6-14(17)8-12/h2-9H,10-11,19H2,1H3. The van der Waals surface area contributed by atoms with Crippen molar-refractivity contribution in [3.05, 3.63) is 69.7 Å². The Labute approximate surface area is 124 Å². The zero-order valence-electron chi connectivity index (χ0n) is 10.9. The average Bonchev–Trinajstić information content (AvgIpc) is 2.38. The molecule has 0 amide bonds. The molecule has 2 N–H and O–H groups in total. The van der Waals surface area contributed by atoms with Crippen molar-refractivity contribution in [2.45, 2.75) is 18.8 Å². The molecule has 0 fully saturated rings. The molecule has 1 unspecified atom stereocenters. The van der Waals surface area contributed by atoms with Gasteiger partial charge in [-0.15, -0.1) is 0 Å². The lowest BCUT2D eigenvalue weighted by atomic mass is 9.77. The van der Waals surface area contributed by atoms with Gasteiger partial charge in [0, 0.05) is 22.0 Å². The minimum absolute atomic E-state index is 0.143. The first-order valence-corrected chi connectivity index (χ1v) is 7.00. The van der Waals surface area contributed by atoms with E-state index in [1.807, 2.05) is 36.4 Å². The normalized spacial score (nSPS) is 14.1. The van der Waals surface area contributed by atoms with E-state index in [-0.39, 0.29) is 5.41 Å². The van der Waals surface area contributed by atoms with Crippen molar-refractivity contribution >= 4 is 23.2 Å². The van der Waals surface area contributed by atoms with Gasteiger partial charge in [-0.3, -0.25) is 0 Å². The average molecular weight is 294 g/mol. The van der Waals surface area contributed by atoms with E-state index in [9.17, 15) is 0 Å². The van der Waals surface area contributed by atoms with Crippen LogP contribution in [0.1, 0.15) is 18.1 Å². The maximum atomic E-state index is 6.07. The molecular weight excluding hydrogens is 277 g/mol. The Bertz CT molecular complexity index is 568. The highest BCUT2D eigenvalue weighted by Crippen LogP contribution is 2.29. The second kappa shape index (κ2) is 5.96. The molecule has 2 rings (SSSR count). The number of hydrogen-bond donors (Lipinski definition) is 1. The van der Waals surface area contributed by atoms with E-state index in [1.165, 1.54) is 5.56 Å². The lowest BCUT2D eigenvalue weighted by Gasteiger charge is -2.29. The van der Waals surface area contributed by atoms with Crippen LogP contribution in [-0.4, -0.2) is 6.54 Å². The maximum Gasteiger partial charge on any atom is 0.0408 e. The van der Waals surface area contributed by atoms with Gasteiger partial charge in [0.1, 0.15) is 0 Å². The van der Waals surface area contributed by atoms with E-state index in [2.05, 4.69) is 19.1 Å². The van der Waals surface area contributed by atoms with E-state index < -0.39 is 0 Å². The molecule has 0 aromatic heterocycles. The summed E-state index contributed by atoms with van der Waals surface area (Å²) >= 11 is 12.1. The molecule has 3 heteroatoms. The zero-order chi connectivity index (χ0) is 13.9. The maximum absolute atomic E-state index is 6.07. The highest BCUT2D eigenvalue weighted by molar-refractivity contribution is 6.30.